The lowest BCUT2D eigenvalue weighted by Gasteiger charge is -2.06. The van der Waals surface area contributed by atoms with Crippen LogP contribution in [-0.2, 0) is 12.8 Å². The molecule has 1 aromatic carbocycles. The van der Waals surface area contributed by atoms with Crippen molar-refractivity contribution < 1.29 is 0 Å². The Morgan fingerprint density at radius 1 is 1.29 bits per heavy atom. The highest BCUT2D eigenvalue weighted by Crippen LogP contribution is 2.14. The molecule has 0 radical (unpaired) electrons. The summed E-state index contributed by atoms with van der Waals surface area (Å²) < 4.78 is 0. The van der Waals surface area contributed by atoms with Gasteiger partial charge in [-0.05, 0) is 37.8 Å². The minimum atomic E-state index is 0.509. The van der Waals surface area contributed by atoms with Gasteiger partial charge in [0.15, 0.2) is 5.69 Å². The molecule has 1 aromatic heterocycles. The molecule has 1 N–H and O–H groups in total. The van der Waals surface area contributed by atoms with Crippen molar-refractivity contribution in [3.63, 3.8) is 0 Å². The Hall–Kier alpha value is -2.08. The molecule has 0 fully saturated rings. The van der Waals surface area contributed by atoms with Gasteiger partial charge in [0.25, 0.3) is 0 Å². The van der Waals surface area contributed by atoms with Crippen molar-refractivity contribution in [2.24, 2.45) is 0 Å². The van der Waals surface area contributed by atoms with Crippen LogP contribution in [-0.4, -0.2) is 9.97 Å². The highest BCUT2D eigenvalue weighted by atomic mass is 14.9. The number of nitrogens with zero attached hydrogens (tertiary/aromatic N) is 2. The average Bonchev–Trinajstić information content (AvgIpc) is 2.75. The van der Waals surface area contributed by atoms with E-state index in [2.05, 4.69) is 48.1 Å². The molecule has 0 unspecified atom stereocenters. The number of hydrogen-bond acceptors (Lipinski definition) is 2. The molecule has 17 heavy (non-hydrogen) atoms. The quantitative estimate of drug-likeness (QED) is 0.873. The zero-order valence-corrected chi connectivity index (χ0v) is 10.1. The lowest BCUT2D eigenvalue weighted by Crippen LogP contribution is -1.96. The van der Waals surface area contributed by atoms with Crippen LogP contribution in [0.5, 0.6) is 0 Å². The maximum atomic E-state index is 8.86. The molecular formula is C14H15N3. The van der Waals surface area contributed by atoms with Crippen LogP contribution in [0.2, 0.25) is 0 Å². The fourth-order valence-electron chi connectivity index (χ4n) is 1.99. The number of nitriles is 1. The number of hydrogen-bond donors (Lipinski definition) is 1. The summed E-state index contributed by atoms with van der Waals surface area (Å²) in [6.45, 7) is 4.22. The van der Waals surface area contributed by atoms with Gasteiger partial charge in [-0.15, -0.1) is 0 Å². The molecule has 0 saturated heterocycles. The number of imidazole rings is 1. The molecule has 3 heteroatoms. The Bertz CT molecular complexity index is 561. The lowest BCUT2D eigenvalue weighted by atomic mass is 10.0. The number of aromatic amines is 1. The SMILES string of the molecule is Cc1ccc(CCc2[nH]cnc2C#N)c(C)c1. The van der Waals surface area contributed by atoms with Crippen molar-refractivity contribution in [2.75, 3.05) is 0 Å². The predicted octanol–water partition coefficient (Wildman–Crippen LogP) is 2.68. The Morgan fingerprint density at radius 2 is 2.12 bits per heavy atom. The van der Waals surface area contributed by atoms with Crippen LogP contribution in [0.3, 0.4) is 0 Å². The van der Waals surface area contributed by atoms with Gasteiger partial charge < -0.3 is 4.98 Å². The van der Waals surface area contributed by atoms with E-state index in [-0.39, 0.29) is 0 Å². The third-order valence-corrected chi connectivity index (χ3v) is 2.97. The van der Waals surface area contributed by atoms with Gasteiger partial charge in [-0.3, -0.25) is 0 Å². The van der Waals surface area contributed by atoms with E-state index in [1.54, 1.807) is 6.33 Å². The Balaban J connectivity index is 2.10. The van der Waals surface area contributed by atoms with Crippen LogP contribution in [0, 0.1) is 25.2 Å². The van der Waals surface area contributed by atoms with Gasteiger partial charge >= 0.3 is 0 Å². The molecule has 2 aromatic rings. The maximum absolute atomic E-state index is 8.86. The van der Waals surface area contributed by atoms with Crippen LogP contribution in [0.4, 0.5) is 0 Å². The molecule has 0 aliphatic carbocycles. The minimum absolute atomic E-state index is 0.509. The second kappa shape index (κ2) is 4.84. The van der Waals surface area contributed by atoms with E-state index in [0.717, 1.165) is 18.5 Å². The first-order valence-electron chi connectivity index (χ1n) is 5.69. The van der Waals surface area contributed by atoms with Crippen molar-refractivity contribution in [1.82, 2.24) is 9.97 Å². The van der Waals surface area contributed by atoms with E-state index in [1.165, 1.54) is 16.7 Å². The highest BCUT2D eigenvalue weighted by Gasteiger charge is 2.05. The molecule has 0 amide bonds. The minimum Gasteiger partial charge on any atom is -0.347 e. The first-order valence-corrected chi connectivity index (χ1v) is 5.69. The summed E-state index contributed by atoms with van der Waals surface area (Å²) in [6, 6.07) is 8.57. The third kappa shape index (κ3) is 2.54. The standard InChI is InChI=1S/C14H15N3/c1-10-3-4-12(11(2)7-10)5-6-13-14(8-15)17-9-16-13/h3-4,7,9H,5-6H2,1-2H3,(H,16,17). The van der Waals surface area contributed by atoms with Crippen LogP contribution in [0.1, 0.15) is 28.1 Å². The molecular weight excluding hydrogens is 210 g/mol. The smallest absolute Gasteiger partial charge is 0.161 e. The van der Waals surface area contributed by atoms with Gasteiger partial charge in [0.05, 0.1) is 12.0 Å². The van der Waals surface area contributed by atoms with E-state index >= 15 is 0 Å². The summed E-state index contributed by atoms with van der Waals surface area (Å²) in [5, 5.41) is 8.86. The second-order valence-corrected chi connectivity index (χ2v) is 4.27. The van der Waals surface area contributed by atoms with Crippen LogP contribution in [0.25, 0.3) is 0 Å². The molecule has 0 bridgehead atoms. The molecule has 0 saturated carbocycles. The van der Waals surface area contributed by atoms with E-state index < -0.39 is 0 Å². The summed E-state index contributed by atoms with van der Waals surface area (Å²) in [4.78, 5) is 6.99. The number of nitrogens with one attached hydrogen (secondary N) is 1. The molecule has 0 aliphatic rings. The molecule has 86 valence electrons. The Labute approximate surface area is 101 Å². The van der Waals surface area contributed by atoms with Crippen molar-refractivity contribution >= 4 is 0 Å². The van der Waals surface area contributed by atoms with Crippen molar-refractivity contribution in [3.8, 4) is 6.07 Å². The molecule has 0 spiro atoms. The number of aromatic nitrogens is 2. The molecule has 0 atom stereocenters. The van der Waals surface area contributed by atoms with Gasteiger partial charge in [0.1, 0.15) is 6.07 Å². The number of H-pyrrole nitrogens is 1. The van der Waals surface area contributed by atoms with Gasteiger partial charge in [-0.1, -0.05) is 23.8 Å². The summed E-state index contributed by atoms with van der Waals surface area (Å²) >= 11 is 0. The Morgan fingerprint density at radius 3 is 2.82 bits per heavy atom. The molecule has 0 aliphatic heterocycles. The van der Waals surface area contributed by atoms with Crippen molar-refractivity contribution in [1.29, 1.82) is 5.26 Å². The number of aryl methyl sites for hydroxylation is 4. The normalized spacial score (nSPS) is 10.2. The highest BCUT2D eigenvalue weighted by molar-refractivity contribution is 5.32. The van der Waals surface area contributed by atoms with Gasteiger partial charge in [0.2, 0.25) is 0 Å². The number of rotatable bonds is 3. The van der Waals surface area contributed by atoms with E-state index in [9.17, 15) is 0 Å². The first-order chi connectivity index (χ1) is 8.20. The lowest BCUT2D eigenvalue weighted by molar-refractivity contribution is 0.912. The topological polar surface area (TPSA) is 52.5 Å². The summed E-state index contributed by atoms with van der Waals surface area (Å²) in [5.41, 5.74) is 5.35. The van der Waals surface area contributed by atoms with Gasteiger partial charge in [0, 0.05) is 0 Å². The zero-order valence-electron chi connectivity index (χ0n) is 10.1. The van der Waals surface area contributed by atoms with Crippen LogP contribution in [0.15, 0.2) is 24.5 Å². The van der Waals surface area contributed by atoms with Gasteiger partial charge in [-0.25, -0.2) is 4.98 Å². The summed E-state index contributed by atoms with van der Waals surface area (Å²) in [7, 11) is 0. The monoisotopic (exact) mass is 225 g/mol. The molecule has 3 nitrogen and oxygen atoms in total. The maximum Gasteiger partial charge on any atom is 0.161 e. The van der Waals surface area contributed by atoms with Crippen molar-refractivity contribution in [3.05, 3.63) is 52.6 Å². The van der Waals surface area contributed by atoms with E-state index in [4.69, 9.17) is 5.26 Å². The van der Waals surface area contributed by atoms with Crippen LogP contribution < -0.4 is 0 Å². The average molecular weight is 225 g/mol. The fraction of sp³-hybridized carbons (Fsp3) is 0.286. The second-order valence-electron chi connectivity index (χ2n) is 4.27. The number of benzene rings is 1. The largest absolute Gasteiger partial charge is 0.347 e. The molecule has 2 rings (SSSR count). The first kappa shape index (κ1) is 11.4. The zero-order chi connectivity index (χ0) is 12.3. The van der Waals surface area contributed by atoms with Gasteiger partial charge in [-0.2, -0.15) is 5.26 Å². The summed E-state index contributed by atoms with van der Waals surface area (Å²) in [6.07, 6.45) is 3.34. The van der Waals surface area contributed by atoms with E-state index in [0.29, 0.717) is 5.69 Å². The van der Waals surface area contributed by atoms with Crippen molar-refractivity contribution in [2.45, 2.75) is 26.7 Å². The Kier molecular flexibility index (Phi) is 3.24. The predicted molar refractivity (Wildman–Crippen MR) is 66.6 cm³/mol. The van der Waals surface area contributed by atoms with Crippen LogP contribution >= 0.6 is 0 Å². The molecule has 1 heterocycles. The third-order valence-electron chi connectivity index (χ3n) is 2.97. The van der Waals surface area contributed by atoms with E-state index in [1.807, 2.05) is 0 Å². The summed E-state index contributed by atoms with van der Waals surface area (Å²) in [5.74, 6) is 0. The fourth-order valence-corrected chi connectivity index (χ4v) is 1.99.